The first-order valence-electron chi connectivity index (χ1n) is 5.38. The Kier molecular flexibility index (Phi) is 9.35. The third-order valence-electron chi connectivity index (χ3n) is 2.33. The van der Waals surface area contributed by atoms with Gasteiger partial charge in [0, 0.05) is 6.54 Å². The molecule has 1 unspecified atom stereocenters. The van der Waals surface area contributed by atoms with E-state index in [-0.39, 0.29) is 18.3 Å². The van der Waals surface area contributed by atoms with Crippen molar-refractivity contribution in [1.29, 1.82) is 0 Å². The molecule has 0 aliphatic carbocycles. The predicted molar refractivity (Wildman–Crippen MR) is 68.9 cm³/mol. The molecule has 3 nitrogen and oxygen atoms in total. The van der Waals surface area contributed by atoms with Crippen LogP contribution in [-0.2, 0) is 4.79 Å². The lowest BCUT2D eigenvalue weighted by atomic mass is 10.1. The Bertz CT molecular complexity index is 175. The molecule has 1 rings (SSSR count). The molecule has 0 saturated carbocycles. The summed E-state index contributed by atoms with van der Waals surface area (Å²) in [6.07, 6.45) is 2.34. The smallest absolute Gasteiger partial charge is 0.230 e. The molecule has 1 heterocycles. The average molecular weight is 253 g/mol. The molecule has 1 aliphatic heterocycles. The van der Waals surface area contributed by atoms with E-state index in [1.807, 2.05) is 0 Å². The van der Waals surface area contributed by atoms with E-state index in [1.54, 1.807) is 11.8 Å². The maximum atomic E-state index is 11.3. The minimum atomic E-state index is 0. The molecule has 0 aromatic rings. The minimum absolute atomic E-state index is 0. The van der Waals surface area contributed by atoms with Crippen LogP contribution in [0.5, 0.6) is 0 Å². The van der Waals surface area contributed by atoms with Gasteiger partial charge in [0.1, 0.15) is 0 Å². The van der Waals surface area contributed by atoms with Gasteiger partial charge in [-0.2, -0.15) is 11.8 Å². The Morgan fingerprint density at radius 3 is 3.00 bits per heavy atom. The molecular weight excluding hydrogens is 232 g/mol. The number of hydrogen-bond acceptors (Lipinski definition) is 3. The molecule has 0 aromatic heterocycles. The van der Waals surface area contributed by atoms with Crippen molar-refractivity contribution in [2.75, 3.05) is 31.1 Å². The first-order valence-corrected chi connectivity index (χ1v) is 6.53. The van der Waals surface area contributed by atoms with Crippen LogP contribution in [0.2, 0.25) is 0 Å². The summed E-state index contributed by atoms with van der Waals surface area (Å²) in [5.74, 6) is 2.54. The zero-order valence-electron chi connectivity index (χ0n) is 9.25. The van der Waals surface area contributed by atoms with Crippen LogP contribution < -0.4 is 10.6 Å². The van der Waals surface area contributed by atoms with Gasteiger partial charge in [-0.1, -0.05) is 6.92 Å². The fourth-order valence-corrected chi connectivity index (χ4v) is 2.23. The molecule has 90 valence electrons. The van der Waals surface area contributed by atoms with Crippen LogP contribution in [-0.4, -0.2) is 37.0 Å². The highest BCUT2D eigenvalue weighted by Gasteiger charge is 2.14. The first kappa shape index (κ1) is 15.1. The number of thioether (sulfide) groups is 1. The summed E-state index contributed by atoms with van der Waals surface area (Å²) in [5, 5.41) is 6.28. The third kappa shape index (κ3) is 7.03. The van der Waals surface area contributed by atoms with Crippen molar-refractivity contribution in [3.8, 4) is 0 Å². The predicted octanol–water partition coefficient (Wildman–Crippen LogP) is 1.28. The topological polar surface area (TPSA) is 41.1 Å². The highest BCUT2D eigenvalue weighted by Crippen LogP contribution is 2.06. The van der Waals surface area contributed by atoms with Crippen LogP contribution >= 0.6 is 24.2 Å². The Morgan fingerprint density at radius 1 is 1.60 bits per heavy atom. The van der Waals surface area contributed by atoms with Crippen molar-refractivity contribution in [2.24, 2.45) is 5.92 Å². The van der Waals surface area contributed by atoms with Gasteiger partial charge in [0.05, 0.1) is 5.75 Å². The second kappa shape index (κ2) is 9.31. The van der Waals surface area contributed by atoms with Gasteiger partial charge in [-0.25, -0.2) is 0 Å². The quantitative estimate of drug-likeness (QED) is 0.700. The lowest BCUT2D eigenvalue weighted by molar-refractivity contribution is -0.118. The van der Waals surface area contributed by atoms with Crippen molar-refractivity contribution in [3.63, 3.8) is 0 Å². The van der Waals surface area contributed by atoms with Gasteiger partial charge >= 0.3 is 0 Å². The van der Waals surface area contributed by atoms with Gasteiger partial charge in [0.15, 0.2) is 0 Å². The van der Waals surface area contributed by atoms with E-state index in [0.717, 1.165) is 31.8 Å². The zero-order valence-corrected chi connectivity index (χ0v) is 10.9. The Hall–Kier alpha value is 0.0700. The Balaban J connectivity index is 0.00000196. The van der Waals surface area contributed by atoms with Gasteiger partial charge in [0.25, 0.3) is 0 Å². The fourth-order valence-electron chi connectivity index (χ4n) is 1.51. The number of halogens is 1. The summed E-state index contributed by atoms with van der Waals surface area (Å²) < 4.78 is 0. The second-order valence-electron chi connectivity index (χ2n) is 3.72. The molecule has 0 spiro atoms. The highest BCUT2D eigenvalue weighted by molar-refractivity contribution is 7.99. The largest absolute Gasteiger partial charge is 0.355 e. The first-order chi connectivity index (χ1) is 6.83. The molecule has 5 heteroatoms. The number of nitrogens with one attached hydrogen (secondary N) is 2. The van der Waals surface area contributed by atoms with Gasteiger partial charge in [0.2, 0.25) is 5.91 Å². The van der Waals surface area contributed by atoms with Crippen molar-refractivity contribution in [1.82, 2.24) is 10.6 Å². The molecule has 1 aliphatic rings. The molecule has 15 heavy (non-hydrogen) atoms. The van der Waals surface area contributed by atoms with Crippen molar-refractivity contribution in [3.05, 3.63) is 0 Å². The van der Waals surface area contributed by atoms with E-state index >= 15 is 0 Å². The van der Waals surface area contributed by atoms with Gasteiger partial charge in [-0.3, -0.25) is 4.79 Å². The van der Waals surface area contributed by atoms with Crippen molar-refractivity contribution in [2.45, 2.75) is 19.8 Å². The van der Waals surface area contributed by atoms with Crippen LogP contribution in [0.4, 0.5) is 0 Å². The van der Waals surface area contributed by atoms with E-state index in [9.17, 15) is 4.79 Å². The summed E-state index contributed by atoms with van der Waals surface area (Å²) in [5.41, 5.74) is 0. The van der Waals surface area contributed by atoms with Crippen LogP contribution in [0, 0.1) is 5.92 Å². The molecule has 1 saturated heterocycles. The highest BCUT2D eigenvalue weighted by atomic mass is 35.5. The van der Waals surface area contributed by atoms with Crippen molar-refractivity contribution < 1.29 is 4.79 Å². The van der Waals surface area contributed by atoms with E-state index in [0.29, 0.717) is 11.7 Å². The molecule has 1 fully saturated rings. The molecule has 0 radical (unpaired) electrons. The molecule has 0 bridgehead atoms. The van der Waals surface area contributed by atoms with Crippen LogP contribution in [0.3, 0.4) is 0 Å². The molecule has 1 atom stereocenters. The number of rotatable bonds is 6. The van der Waals surface area contributed by atoms with E-state index in [2.05, 4.69) is 17.6 Å². The summed E-state index contributed by atoms with van der Waals surface area (Å²) in [4.78, 5) is 11.3. The normalized spacial score (nSPS) is 19.7. The zero-order chi connectivity index (χ0) is 10.2. The lowest BCUT2D eigenvalue weighted by Crippen LogP contribution is -2.31. The lowest BCUT2D eigenvalue weighted by Gasteiger charge is -2.09. The molecule has 2 N–H and O–H groups in total. The minimum Gasteiger partial charge on any atom is -0.355 e. The van der Waals surface area contributed by atoms with Crippen LogP contribution in [0.25, 0.3) is 0 Å². The van der Waals surface area contributed by atoms with Crippen LogP contribution in [0.15, 0.2) is 0 Å². The molecule has 1 amide bonds. The monoisotopic (exact) mass is 252 g/mol. The van der Waals surface area contributed by atoms with Crippen molar-refractivity contribution >= 4 is 30.1 Å². The summed E-state index contributed by atoms with van der Waals surface area (Å²) in [7, 11) is 0. The number of hydrogen-bond donors (Lipinski definition) is 2. The van der Waals surface area contributed by atoms with Gasteiger partial charge in [-0.15, -0.1) is 12.4 Å². The third-order valence-corrected chi connectivity index (χ3v) is 3.50. The Labute approximate surface area is 103 Å². The number of carbonyl (C=O) groups is 1. The molecule has 0 aromatic carbocycles. The van der Waals surface area contributed by atoms with E-state index in [4.69, 9.17) is 0 Å². The number of carbonyl (C=O) groups excluding carboxylic acids is 1. The number of amides is 1. The average Bonchev–Trinajstić information content (AvgIpc) is 2.68. The van der Waals surface area contributed by atoms with E-state index < -0.39 is 0 Å². The molecular formula is C10H21ClN2OS. The fraction of sp³-hybridized carbons (Fsp3) is 0.900. The maximum absolute atomic E-state index is 11.3. The van der Waals surface area contributed by atoms with Gasteiger partial charge < -0.3 is 10.6 Å². The van der Waals surface area contributed by atoms with Crippen LogP contribution in [0.1, 0.15) is 19.8 Å². The summed E-state index contributed by atoms with van der Waals surface area (Å²) in [6, 6.07) is 0. The maximum Gasteiger partial charge on any atom is 0.230 e. The summed E-state index contributed by atoms with van der Waals surface area (Å²) in [6.45, 7) is 5.14. The SMILES string of the molecule is CCCSCC(=O)NCC1CCNC1.Cl. The summed E-state index contributed by atoms with van der Waals surface area (Å²) >= 11 is 1.72. The Morgan fingerprint density at radius 2 is 2.40 bits per heavy atom. The van der Waals surface area contributed by atoms with E-state index in [1.165, 1.54) is 6.42 Å². The standard InChI is InChI=1S/C10H20N2OS.ClH/c1-2-5-14-8-10(13)12-7-9-3-4-11-6-9;/h9,11H,2-8H2,1H3,(H,12,13);1H. The second-order valence-corrected chi connectivity index (χ2v) is 4.82. The van der Waals surface area contributed by atoms with Gasteiger partial charge in [-0.05, 0) is 37.6 Å².